The number of unbranched alkanes of at least 4 members (excludes halogenated alkanes) is 1. The maximum Gasteiger partial charge on any atom is 0.103 e. The number of nitrogens with two attached hydrogens (primary N) is 1. The van der Waals surface area contributed by atoms with Crippen LogP contribution < -0.4 is 5.73 Å². The number of rotatable bonds is 7. The molecule has 0 heterocycles. The Hall–Kier alpha value is -0.930. The number of nitrogens with zero attached hydrogens (tertiary/aromatic N) is 1. The molecule has 0 aliphatic carbocycles. The summed E-state index contributed by atoms with van der Waals surface area (Å²) in [5.41, 5.74) is 7.84. The van der Waals surface area contributed by atoms with Crippen molar-refractivity contribution in [3.63, 3.8) is 0 Å². The summed E-state index contributed by atoms with van der Waals surface area (Å²) in [5.74, 6) is 0. The molecule has 0 radical (unpaired) electrons. The highest BCUT2D eigenvalue weighted by molar-refractivity contribution is 7.80. The molecule has 2 nitrogen and oxygen atoms in total. The molecule has 0 aliphatic heterocycles. The smallest absolute Gasteiger partial charge is 0.103 e. The van der Waals surface area contributed by atoms with Gasteiger partial charge in [-0.1, -0.05) is 56.8 Å². The van der Waals surface area contributed by atoms with Gasteiger partial charge >= 0.3 is 0 Å². The standard InChI is InChI=1S/C14H22N2S/c1-3-5-10-16(4-2)11-12-6-8-13(9-7-12)14(15)17/h6-9H,3-5,10-11H2,1-2H3,(H2,15,17). The van der Waals surface area contributed by atoms with Crippen LogP contribution in [0.4, 0.5) is 0 Å². The van der Waals surface area contributed by atoms with E-state index in [4.69, 9.17) is 18.0 Å². The van der Waals surface area contributed by atoms with Crippen LogP contribution in [-0.4, -0.2) is 23.0 Å². The summed E-state index contributed by atoms with van der Waals surface area (Å²) in [5, 5.41) is 0. The topological polar surface area (TPSA) is 29.3 Å². The van der Waals surface area contributed by atoms with Crippen LogP contribution in [0.2, 0.25) is 0 Å². The molecule has 94 valence electrons. The van der Waals surface area contributed by atoms with Crippen molar-refractivity contribution in [2.75, 3.05) is 13.1 Å². The molecule has 0 saturated carbocycles. The van der Waals surface area contributed by atoms with Crippen molar-refractivity contribution in [2.45, 2.75) is 33.2 Å². The van der Waals surface area contributed by atoms with Crippen molar-refractivity contribution >= 4 is 17.2 Å². The first-order chi connectivity index (χ1) is 8.17. The zero-order chi connectivity index (χ0) is 12.7. The molecule has 0 bridgehead atoms. The molecule has 17 heavy (non-hydrogen) atoms. The van der Waals surface area contributed by atoms with Gasteiger partial charge in [0.2, 0.25) is 0 Å². The van der Waals surface area contributed by atoms with Gasteiger partial charge in [-0.2, -0.15) is 0 Å². The van der Waals surface area contributed by atoms with E-state index in [2.05, 4.69) is 30.9 Å². The van der Waals surface area contributed by atoms with Gasteiger partial charge < -0.3 is 5.73 Å². The molecule has 1 aromatic rings. The van der Waals surface area contributed by atoms with Gasteiger partial charge in [0.05, 0.1) is 0 Å². The second-order valence-electron chi connectivity index (χ2n) is 4.28. The fraction of sp³-hybridized carbons (Fsp3) is 0.500. The average molecular weight is 250 g/mol. The van der Waals surface area contributed by atoms with Gasteiger partial charge in [0, 0.05) is 12.1 Å². The van der Waals surface area contributed by atoms with Crippen LogP contribution in [0.15, 0.2) is 24.3 Å². The zero-order valence-corrected chi connectivity index (χ0v) is 11.6. The van der Waals surface area contributed by atoms with Crippen LogP contribution >= 0.6 is 12.2 Å². The van der Waals surface area contributed by atoms with E-state index < -0.39 is 0 Å². The highest BCUT2D eigenvalue weighted by atomic mass is 32.1. The van der Waals surface area contributed by atoms with Crippen molar-refractivity contribution in [1.29, 1.82) is 0 Å². The summed E-state index contributed by atoms with van der Waals surface area (Å²) < 4.78 is 0. The van der Waals surface area contributed by atoms with Gasteiger partial charge in [0.25, 0.3) is 0 Å². The lowest BCUT2D eigenvalue weighted by Gasteiger charge is -2.20. The van der Waals surface area contributed by atoms with E-state index in [0.717, 1.165) is 18.7 Å². The summed E-state index contributed by atoms with van der Waals surface area (Å²) in [6, 6.07) is 8.24. The quantitative estimate of drug-likeness (QED) is 0.754. The summed E-state index contributed by atoms with van der Waals surface area (Å²) >= 11 is 4.94. The molecule has 0 spiro atoms. The molecular formula is C14H22N2S. The molecule has 3 heteroatoms. The second kappa shape index (κ2) is 7.41. The maximum atomic E-state index is 5.58. The minimum Gasteiger partial charge on any atom is -0.389 e. The van der Waals surface area contributed by atoms with Crippen molar-refractivity contribution < 1.29 is 0 Å². The van der Waals surface area contributed by atoms with E-state index in [1.165, 1.54) is 24.9 Å². The molecule has 0 atom stereocenters. The van der Waals surface area contributed by atoms with Crippen molar-refractivity contribution in [3.05, 3.63) is 35.4 Å². The Balaban J connectivity index is 2.57. The highest BCUT2D eigenvalue weighted by Crippen LogP contribution is 2.08. The van der Waals surface area contributed by atoms with Crippen molar-refractivity contribution in [2.24, 2.45) is 5.73 Å². The molecule has 1 rings (SSSR count). The summed E-state index contributed by atoms with van der Waals surface area (Å²) in [6.07, 6.45) is 2.51. The first kappa shape index (κ1) is 14.1. The highest BCUT2D eigenvalue weighted by Gasteiger charge is 2.03. The fourth-order valence-electron chi connectivity index (χ4n) is 1.76. The van der Waals surface area contributed by atoms with E-state index in [9.17, 15) is 0 Å². The number of benzene rings is 1. The lowest BCUT2D eigenvalue weighted by Crippen LogP contribution is -2.24. The van der Waals surface area contributed by atoms with E-state index >= 15 is 0 Å². The molecule has 0 saturated heterocycles. The SMILES string of the molecule is CCCCN(CC)Cc1ccc(C(N)=S)cc1. The Morgan fingerprint density at radius 2 is 1.88 bits per heavy atom. The molecule has 2 N–H and O–H groups in total. The van der Waals surface area contributed by atoms with Gasteiger partial charge in [-0.25, -0.2) is 0 Å². The molecule has 0 aromatic heterocycles. The zero-order valence-electron chi connectivity index (χ0n) is 10.8. The molecular weight excluding hydrogens is 228 g/mol. The Labute approximate surface area is 110 Å². The molecule has 0 fully saturated rings. The summed E-state index contributed by atoms with van der Waals surface area (Å²) in [6.45, 7) is 7.71. The normalized spacial score (nSPS) is 10.8. The minimum absolute atomic E-state index is 0.467. The first-order valence-electron chi connectivity index (χ1n) is 6.28. The van der Waals surface area contributed by atoms with E-state index in [1.54, 1.807) is 0 Å². The minimum atomic E-state index is 0.467. The number of thiocarbonyl (C=S) groups is 1. The van der Waals surface area contributed by atoms with Crippen LogP contribution in [0.25, 0.3) is 0 Å². The van der Waals surface area contributed by atoms with Crippen LogP contribution in [0.3, 0.4) is 0 Å². The Bertz CT molecular complexity index is 346. The van der Waals surface area contributed by atoms with Crippen LogP contribution in [0.5, 0.6) is 0 Å². The van der Waals surface area contributed by atoms with Gasteiger partial charge in [0.15, 0.2) is 0 Å². The lowest BCUT2D eigenvalue weighted by molar-refractivity contribution is 0.275. The van der Waals surface area contributed by atoms with E-state index in [0.29, 0.717) is 4.99 Å². The Kier molecular flexibility index (Phi) is 6.16. The predicted octanol–water partition coefficient (Wildman–Crippen LogP) is 2.94. The number of hydrogen-bond donors (Lipinski definition) is 1. The third kappa shape index (κ3) is 4.84. The van der Waals surface area contributed by atoms with Gasteiger partial charge in [-0.15, -0.1) is 0 Å². The lowest BCUT2D eigenvalue weighted by atomic mass is 10.1. The van der Waals surface area contributed by atoms with E-state index in [1.807, 2.05) is 12.1 Å². The largest absolute Gasteiger partial charge is 0.389 e. The molecule has 0 amide bonds. The maximum absolute atomic E-state index is 5.58. The molecule has 0 aliphatic rings. The summed E-state index contributed by atoms with van der Waals surface area (Å²) in [4.78, 5) is 2.93. The molecule has 1 aromatic carbocycles. The van der Waals surface area contributed by atoms with Crippen molar-refractivity contribution in [1.82, 2.24) is 4.90 Å². The Morgan fingerprint density at radius 3 is 2.35 bits per heavy atom. The van der Waals surface area contributed by atoms with Gasteiger partial charge in [-0.3, -0.25) is 4.90 Å². The first-order valence-corrected chi connectivity index (χ1v) is 6.69. The Morgan fingerprint density at radius 1 is 1.24 bits per heavy atom. The monoisotopic (exact) mass is 250 g/mol. The average Bonchev–Trinajstić information content (AvgIpc) is 2.35. The third-order valence-corrected chi connectivity index (χ3v) is 3.16. The van der Waals surface area contributed by atoms with Crippen LogP contribution in [-0.2, 0) is 6.54 Å². The van der Waals surface area contributed by atoms with Gasteiger partial charge in [0.1, 0.15) is 4.99 Å². The third-order valence-electron chi connectivity index (χ3n) is 2.92. The number of hydrogen-bond acceptors (Lipinski definition) is 2. The summed E-state index contributed by atoms with van der Waals surface area (Å²) in [7, 11) is 0. The van der Waals surface area contributed by atoms with E-state index in [-0.39, 0.29) is 0 Å². The van der Waals surface area contributed by atoms with Crippen LogP contribution in [0, 0.1) is 0 Å². The predicted molar refractivity (Wildman–Crippen MR) is 78.2 cm³/mol. The van der Waals surface area contributed by atoms with Crippen LogP contribution in [0.1, 0.15) is 37.8 Å². The second-order valence-corrected chi connectivity index (χ2v) is 4.72. The van der Waals surface area contributed by atoms with Crippen molar-refractivity contribution in [3.8, 4) is 0 Å². The fourth-order valence-corrected chi connectivity index (χ4v) is 1.90. The van der Waals surface area contributed by atoms with Gasteiger partial charge in [-0.05, 0) is 25.1 Å². The molecule has 0 unspecified atom stereocenters.